The number of carbonyl (C=O) groups excluding carboxylic acids is 2. The molecule has 4 rings (SSSR count). The average molecular weight is 418 g/mol. The van der Waals surface area contributed by atoms with Crippen molar-refractivity contribution in [3.8, 4) is 16.9 Å². The topological polar surface area (TPSA) is 58.4 Å². The molecule has 1 aromatic heterocycles. The normalized spacial score (nSPS) is 14.3. The van der Waals surface area contributed by atoms with Crippen LogP contribution in [0.4, 0.5) is 4.39 Å². The van der Waals surface area contributed by atoms with E-state index in [-0.39, 0.29) is 17.6 Å². The molecular weight excluding hydrogens is 395 g/mol. The molecule has 0 spiro atoms. The first kappa shape index (κ1) is 20.5. The Morgan fingerprint density at radius 3 is 2.23 bits per heavy atom. The predicted molar refractivity (Wildman–Crippen MR) is 117 cm³/mol. The van der Waals surface area contributed by atoms with E-state index in [9.17, 15) is 14.0 Å². The first-order chi connectivity index (χ1) is 15.0. The van der Waals surface area contributed by atoms with Crippen LogP contribution in [0.1, 0.15) is 12.5 Å². The standard InChI is InChI=1S/C24H23FN4O2/c1-18(30)27-13-15-28(16-14-27)23(31)12-9-20-17-29(22-5-3-2-4-6-22)26-24(20)19-7-10-21(25)11-8-19/h2-12,17H,13-16H2,1H3/b12-9+. The molecule has 6 nitrogen and oxygen atoms in total. The van der Waals surface area contributed by atoms with Crippen molar-refractivity contribution in [3.63, 3.8) is 0 Å². The molecule has 0 unspecified atom stereocenters. The summed E-state index contributed by atoms with van der Waals surface area (Å²) in [7, 11) is 0. The van der Waals surface area contributed by atoms with Gasteiger partial charge in [0.15, 0.2) is 0 Å². The quantitative estimate of drug-likeness (QED) is 0.611. The highest BCUT2D eigenvalue weighted by Gasteiger charge is 2.21. The minimum absolute atomic E-state index is 0.0277. The molecular formula is C24H23FN4O2. The van der Waals surface area contributed by atoms with Gasteiger partial charge in [0.1, 0.15) is 5.82 Å². The Balaban J connectivity index is 1.59. The molecule has 2 heterocycles. The van der Waals surface area contributed by atoms with Crippen molar-refractivity contribution >= 4 is 17.9 Å². The van der Waals surface area contributed by atoms with E-state index >= 15 is 0 Å². The van der Waals surface area contributed by atoms with Crippen LogP contribution in [0.5, 0.6) is 0 Å². The number of amides is 2. The molecule has 2 aromatic carbocycles. The fourth-order valence-electron chi connectivity index (χ4n) is 3.56. The van der Waals surface area contributed by atoms with Gasteiger partial charge in [-0.15, -0.1) is 0 Å². The summed E-state index contributed by atoms with van der Waals surface area (Å²) in [6.07, 6.45) is 5.12. The monoisotopic (exact) mass is 418 g/mol. The lowest BCUT2D eigenvalue weighted by atomic mass is 10.1. The minimum atomic E-state index is -0.316. The lowest BCUT2D eigenvalue weighted by molar-refractivity contribution is -0.135. The molecule has 2 amide bonds. The largest absolute Gasteiger partial charge is 0.339 e. The maximum Gasteiger partial charge on any atom is 0.246 e. The van der Waals surface area contributed by atoms with E-state index in [4.69, 9.17) is 0 Å². The molecule has 158 valence electrons. The Morgan fingerprint density at radius 1 is 0.935 bits per heavy atom. The molecule has 0 atom stereocenters. The van der Waals surface area contributed by atoms with Crippen molar-refractivity contribution in [3.05, 3.63) is 78.3 Å². The van der Waals surface area contributed by atoms with E-state index < -0.39 is 0 Å². The molecule has 1 aliphatic rings. The number of rotatable bonds is 4. The third-order valence-corrected chi connectivity index (χ3v) is 5.32. The fraction of sp³-hybridized carbons (Fsp3) is 0.208. The van der Waals surface area contributed by atoms with Crippen molar-refractivity contribution in [1.29, 1.82) is 0 Å². The fourth-order valence-corrected chi connectivity index (χ4v) is 3.56. The summed E-state index contributed by atoms with van der Waals surface area (Å²) in [5.41, 5.74) is 3.07. The highest BCUT2D eigenvalue weighted by molar-refractivity contribution is 5.93. The third kappa shape index (κ3) is 4.71. The molecule has 0 bridgehead atoms. The number of para-hydroxylation sites is 1. The number of carbonyl (C=O) groups is 2. The molecule has 3 aromatic rings. The van der Waals surface area contributed by atoms with E-state index in [1.807, 2.05) is 36.5 Å². The van der Waals surface area contributed by atoms with Crippen LogP contribution in [0.3, 0.4) is 0 Å². The summed E-state index contributed by atoms with van der Waals surface area (Å²) in [5.74, 6) is -0.399. The van der Waals surface area contributed by atoms with Crippen LogP contribution in [0.25, 0.3) is 23.0 Å². The Morgan fingerprint density at radius 2 is 1.58 bits per heavy atom. The number of hydrogen-bond acceptors (Lipinski definition) is 3. The Bertz CT molecular complexity index is 1100. The Kier molecular flexibility index (Phi) is 5.93. The maximum absolute atomic E-state index is 13.4. The van der Waals surface area contributed by atoms with Crippen molar-refractivity contribution in [2.24, 2.45) is 0 Å². The number of halogens is 1. The van der Waals surface area contributed by atoms with Crippen LogP contribution in [-0.2, 0) is 9.59 Å². The summed E-state index contributed by atoms with van der Waals surface area (Å²) in [4.78, 5) is 27.6. The average Bonchev–Trinajstić information content (AvgIpc) is 3.23. The van der Waals surface area contributed by atoms with Gasteiger partial charge < -0.3 is 9.80 Å². The highest BCUT2D eigenvalue weighted by atomic mass is 19.1. The molecule has 0 radical (unpaired) electrons. The van der Waals surface area contributed by atoms with Gasteiger partial charge >= 0.3 is 0 Å². The maximum atomic E-state index is 13.4. The van der Waals surface area contributed by atoms with E-state index in [0.717, 1.165) is 16.8 Å². The lowest BCUT2D eigenvalue weighted by Gasteiger charge is -2.33. The zero-order valence-corrected chi connectivity index (χ0v) is 17.2. The van der Waals surface area contributed by atoms with Gasteiger partial charge in [-0.25, -0.2) is 9.07 Å². The Labute approximate surface area is 180 Å². The second-order valence-electron chi connectivity index (χ2n) is 7.38. The smallest absolute Gasteiger partial charge is 0.246 e. The molecule has 0 N–H and O–H groups in total. The summed E-state index contributed by atoms with van der Waals surface area (Å²) < 4.78 is 15.1. The van der Waals surface area contributed by atoms with E-state index in [2.05, 4.69) is 5.10 Å². The molecule has 1 aliphatic heterocycles. The van der Waals surface area contributed by atoms with Crippen molar-refractivity contribution in [2.45, 2.75) is 6.92 Å². The number of piperazine rings is 1. The summed E-state index contributed by atoms with van der Waals surface area (Å²) in [6.45, 7) is 3.65. The minimum Gasteiger partial charge on any atom is -0.339 e. The van der Waals surface area contributed by atoms with Gasteiger partial charge in [-0.2, -0.15) is 5.10 Å². The van der Waals surface area contributed by atoms with E-state index in [1.165, 1.54) is 18.2 Å². The summed E-state index contributed by atoms with van der Waals surface area (Å²) in [5, 5.41) is 4.67. The molecule has 0 saturated carbocycles. The van der Waals surface area contributed by atoms with Gasteiger partial charge in [-0.05, 0) is 42.5 Å². The van der Waals surface area contributed by atoms with Gasteiger partial charge in [0.05, 0.1) is 11.4 Å². The van der Waals surface area contributed by atoms with Crippen molar-refractivity contribution in [1.82, 2.24) is 19.6 Å². The molecule has 1 fully saturated rings. The number of benzene rings is 2. The number of aromatic nitrogens is 2. The number of hydrogen-bond donors (Lipinski definition) is 0. The molecule has 7 heteroatoms. The van der Waals surface area contributed by atoms with Crippen LogP contribution in [0.15, 0.2) is 66.9 Å². The van der Waals surface area contributed by atoms with Crippen LogP contribution in [0.2, 0.25) is 0 Å². The summed E-state index contributed by atoms with van der Waals surface area (Å²) >= 11 is 0. The van der Waals surface area contributed by atoms with Gasteiger partial charge in [0.2, 0.25) is 11.8 Å². The highest BCUT2D eigenvalue weighted by Crippen LogP contribution is 2.25. The van der Waals surface area contributed by atoms with Gasteiger partial charge in [-0.1, -0.05) is 18.2 Å². The van der Waals surface area contributed by atoms with E-state index in [0.29, 0.717) is 31.9 Å². The Hall–Kier alpha value is -3.74. The second kappa shape index (κ2) is 8.95. The molecule has 0 aliphatic carbocycles. The summed E-state index contributed by atoms with van der Waals surface area (Å²) in [6, 6.07) is 15.8. The number of nitrogens with zero attached hydrogens (tertiary/aromatic N) is 4. The van der Waals surface area contributed by atoms with Crippen LogP contribution < -0.4 is 0 Å². The van der Waals surface area contributed by atoms with Gasteiger partial charge in [-0.3, -0.25) is 9.59 Å². The van der Waals surface area contributed by atoms with E-state index in [1.54, 1.807) is 39.6 Å². The zero-order chi connectivity index (χ0) is 21.8. The van der Waals surface area contributed by atoms with Crippen LogP contribution in [0, 0.1) is 5.82 Å². The van der Waals surface area contributed by atoms with Crippen LogP contribution in [-0.4, -0.2) is 57.6 Å². The second-order valence-corrected chi connectivity index (χ2v) is 7.38. The lowest BCUT2D eigenvalue weighted by Crippen LogP contribution is -2.49. The first-order valence-electron chi connectivity index (χ1n) is 10.1. The van der Waals surface area contributed by atoms with Crippen LogP contribution >= 0.6 is 0 Å². The zero-order valence-electron chi connectivity index (χ0n) is 17.2. The first-order valence-corrected chi connectivity index (χ1v) is 10.1. The molecule has 1 saturated heterocycles. The van der Waals surface area contributed by atoms with Gasteiger partial charge in [0, 0.05) is 56.5 Å². The van der Waals surface area contributed by atoms with Crippen molar-refractivity contribution < 1.29 is 14.0 Å². The molecule has 31 heavy (non-hydrogen) atoms. The SMILES string of the molecule is CC(=O)N1CCN(C(=O)/C=C/c2cn(-c3ccccc3)nc2-c2ccc(F)cc2)CC1. The predicted octanol–water partition coefficient (Wildman–Crippen LogP) is 3.38. The third-order valence-electron chi connectivity index (χ3n) is 5.32. The van der Waals surface area contributed by atoms with Crippen molar-refractivity contribution in [2.75, 3.05) is 26.2 Å². The van der Waals surface area contributed by atoms with Gasteiger partial charge in [0.25, 0.3) is 0 Å².